The summed E-state index contributed by atoms with van der Waals surface area (Å²) in [5, 5.41) is 2.63. The molecular weight excluding hydrogens is 590 g/mol. The van der Waals surface area contributed by atoms with Gasteiger partial charge in [0, 0.05) is 46.5 Å². The predicted molar refractivity (Wildman–Crippen MR) is 165 cm³/mol. The number of thiophene rings is 1. The first-order valence-electron chi connectivity index (χ1n) is 14.3. The van der Waals surface area contributed by atoms with Gasteiger partial charge in [0.15, 0.2) is 11.6 Å². The van der Waals surface area contributed by atoms with Gasteiger partial charge in [0.1, 0.15) is 18.2 Å². The molecule has 0 fully saturated rings. The molecule has 2 aliphatic rings. The van der Waals surface area contributed by atoms with Crippen molar-refractivity contribution in [3.8, 4) is 16.9 Å². The molecule has 0 saturated carbocycles. The molecule has 0 amide bonds. The van der Waals surface area contributed by atoms with Gasteiger partial charge in [-0.2, -0.15) is 0 Å². The van der Waals surface area contributed by atoms with Crippen LogP contribution in [0.2, 0.25) is 5.02 Å². The fourth-order valence-corrected chi connectivity index (χ4v) is 7.47. The molecule has 0 radical (unpaired) electrons. The minimum absolute atomic E-state index is 0.0500. The van der Waals surface area contributed by atoms with E-state index in [1.54, 1.807) is 22.0 Å². The molecule has 2 aromatic carbocycles. The zero-order valence-electron chi connectivity index (χ0n) is 23.8. The molecule has 0 bridgehead atoms. The van der Waals surface area contributed by atoms with Gasteiger partial charge in [-0.25, -0.2) is 13.8 Å². The Morgan fingerprint density at radius 3 is 2.56 bits per heavy atom. The number of fused-ring (bicyclic) bond motifs is 3. The van der Waals surface area contributed by atoms with Crippen LogP contribution in [0.25, 0.3) is 21.3 Å². The lowest BCUT2D eigenvalue weighted by Gasteiger charge is -2.32. The molecule has 1 atom stereocenters. The van der Waals surface area contributed by atoms with Crippen molar-refractivity contribution in [3.05, 3.63) is 109 Å². The van der Waals surface area contributed by atoms with Crippen molar-refractivity contribution >= 4 is 33.2 Å². The Bertz CT molecular complexity index is 1930. The maximum absolute atomic E-state index is 13.8. The average molecular weight is 619 g/mol. The Hall–Kier alpha value is -3.66. The van der Waals surface area contributed by atoms with E-state index in [0.29, 0.717) is 49.1 Å². The largest absolute Gasteiger partial charge is 0.491 e. The van der Waals surface area contributed by atoms with Crippen LogP contribution < -0.4 is 10.3 Å². The molecule has 5 aromatic rings. The molecule has 7 rings (SSSR count). The number of benzene rings is 2. The first-order valence-corrected chi connectivity index (χ1v) is 15.6. The van der Waals surface area contributed by atoms with Gasteiger partial charge in [0.2, 0.25) is 0 Å². The van der Waals surface area contributed by atoms with Crippen molar-refractivity contribution in [2.24, 2.45) is 0 Å². The van der Waals surface area contributed by atoms with E-state index in [2.05, 4.69) is 9.88 Å². The van der Waals surface area contributed by atoms with Crippen molar-refractivity contribution in [1.29, 1.82) is 0 Å². The molecule has 0 N–H and O–H groups in total. The first-order chi connectivity index (χ1) is 20.7. The summed E-state index contributed by atoms with van der Waals surface area (Å²) in [6, 6.07) is 12.3. The molecule has 0 unspecified atom stereocenters. The summed E-state index contributed by atoms with van der Waals surface area (Å²) in [6.07, 6.45) is 2.09. The Kier molecular flexibility index (Phi) is 7.27. The summed E-state index contributed by atoms with van der Waals surface area (Å²) in [6.45, 7) is 5.54. The van der Waals surface area contributed by atoms with E-state index >= 15 is 0 Å². The van der Waals surface area contributed by atoms with Crippen LogP contribution in [0.15, 0.2) is 52.6 Å². The molecule has 1 aliphatic carbocycles. The van der Waals surface area contributed by atoms with Crippen LogP contribution >= 0.6 is 22.9 Å². The number of hydrogen-bond acceptors (Lipinski definition) is 6. The second kappa shape index (κ2) is 11.1. The molecule has 3 aromatic heterocycles. The monoisotopic (exact) mass is 618 g/mol. The van der Waals surface area contributed by atoms with E-state index in [4.69, 9.17) is 21.3 Å². The van der Waals surface area contributed by atoms with Crippen LogP contribution in [0.1, 0.15) is 40.3 Å². The predicted octanol–water partition coefficient (Wildman–Crippen LogP) is 7.02. The lowest BCUT2D eigenvalue weighted by Crippen LogP contribution is -2.41. The molecule has 0 saturated heterocycles. The van der Waals surface area contributed by atoms with Crippen molar-refractivity contribution in [1.82, 2.24) is 19.4 Å². The number of ether oxygens (including phenoxy) is 1. The van der Waals surface area contributed by atoms with Crippen molar-refractivity contribution < 1.29 is 13.5 Å². The maximum atomic E-state index is 13.8. The Morgan fingerprint density at radius 1 is 1.02 bits per heavy atom. The zero-order chi connectivity index (χ0) is 29.8. The number of halogens is 3. The van der Waals surface area contributed by atoms with Crippen molar-refractivity contribution in [2.45, 2.75) is 58.8 Å². The van der Waals surface area contributed by atoms with Crippen LogP contribution in [0, 0.1) is 25.5 Å². The summed E-state index contributed by atoms with van der Waals surface area (Å²) in [4.78, 5) is 25.4. The number of aromatic nitrogens is 3. The third kappa shape index (κ3) is 5.24. The van der Waals surface area contributed by atoms with E-state index in [0.717, 1.165) is 55.8 Å². The molecule has 10 heteroatoms. The fourth-order valence-electron chi connectivity index (χ4n) is 6.43. The molecule has 43 heavy (non-hydrogen) atoms. The number of nitrogens with zero attached hydrogens (tertiary/aromatic N) is 4. The highest BCUT2D eigenvalue weighted by molar-refractivity contribution is 7.17. The van der Waals surface area contributed by atoms with E-state index in [-0.39, 0.29) is 18.2 Å². The second-order valence-electron chi connectivity index (χ2n) is 11.3. The zero-order valence-corrected chi connectivity index (χ0v) is 25.4. The number of aryl methyl sites for hydroxylation is 3. The third-order valence-corrected chi connectivity index (χ3v) is 9.71. The highest BCUT2D eigenvalue weighted by Crippen LogP contribution is 2.39. The summed E-state index contributed by atoms with van der Waals surface area (Å²) in [7, 11) is 0. The topological polar surface area (TPSA) is 60.3 Å². The van der Waals surface area contributed by atoms with Crippen LogP contribution in [0.3, 0.4) is 0 Å². The van der Waals surface area contributed by atoms with Crippen LogP contribution in [-0.2, 0) is 32.5 Å². The van der Waals surface area contributed by atoms with Gasteiger partial charge >= 0.3 is 0 Å². The fraction of sp³-hybridized carbons (Fsp3) is 0.303. The minimum atomic E-state index is -0.819. The number of rotatable bonds is 6. The van der Waals surface area contributed by atoms with Gasteiger partial charge in [-0.05, 0) is 92.1 Å². The smallest absolute Gasteiger partial charge is 0.257 e. The Labute approximate surface area is 256 Å². The van der Waals surface area contributed by atoms with Gasteiger partial charge in [0.25, 0.3) is 5.56 Å². The van der Waals surface area contributed by atoms with E-state index in [9.17, 15) is 13.6 Å². The van der Waals surface area contributed by atoms with Crippen LogP contribution in [0.5, 0.6) is 5.75 Å². The molecule has 4 heterocycles. The summed E-state index contributed by atoms with van der Waals surface area (Å²) >= 11 is 8.04. The maximum Gasteiger partial charge on any atom is 0.257 e. The normalized spacial score (nSPS) is 16.4. The van der Waals surface area contributed by atoms with Crippen molar-refractivity contribution in [2.75, 3.05) is 6.61 Å². The first kappa shape index (κ1) is 28.1. The van der Waals surface area contributed by atoms with E-state index in [1.165, 1.54) is 12.1 Å². The third-order valence-electron chi connectivity index (χ3n) is 8.54. The summed E-state index contributed by atoms with van der Waals surface area (Å²) in [5.41, 5.74) is 6.87. The SMILES string of the molecule is Cc1cc(-c2cc(Cl)ccc2OCCn2c(C)nc3c(c2=O)C[C@H](N2Cc4cc(F)c(F)cc4C2)CC3)c2sccc2n1. The number of pyridine rings is 1. The van der Waals surface area contributed by atoms with Crippen molar-refractivity contribution in [3.63, 3.8) is 0 Å². The van der Waals surface area contributed by atoms with Crippen LogP contribution in [0.4, 0.5) is 8.78 Å². The molecule has 220 valence electrons. The van der Waals surface area contributed by atoms with Gasteiger partial charge in [-0.15, -0.1) is 11.3 Å². The lowest BCUT2D eigenvalue weighted by molar-refractivity contribution is 0.179. The average Bonchev–Trinajstić information content (AvgIpc) is 3.62. The lowest BCUT2D eigenvalue weighted by atomic mass is 9.91. The minimum Gasteiger partial charge on any atom is -0.491 e. The van der Waals surface area contributed by atoms with Gasteiger partial charge in [-0.3, -0.25) is 19.2 Å². The van der Waals surface area contributed by atoms with E-state index < -0.39 is 11.6 Å². The quantitative estimate of drug-likeness (QED) is 0.205. The standard InChI is InChI=1S/C33H29ClF2N4O2S/c1-18-11-25(32-30(37-18)7-10-43-32)24-14-22(34)3-6-31(24)42-9-8-40-19(2)38-29-5-4-23(15-26(29)33(40)41)39-16-20-12-27(35)28(36)13-21(20)17-39/h3,6-7,10-14,23H,4-5,8-9,15-17H2,1-2H3/t23-/m1/s1. The van der Waals surface area contributed by atoms with Gasteiger partial charge in [0.05, 0.1) is 22.5 Å². The molecule has 1 aliphatic heterocycles. The van der Waals surface area contributed by atoms with E-state index in [1.807, 2.05) is 43.5 Å². The van der Waals surface area contributed by atoms with Gasteiger partial charge in [-0.1, -0.05) is 11.6 Å². The summed E-state index contributed by atoms with van der Waals surface area (Å²) in [5.74, 6) is -0.295. The second-order valence-corrected chi connectivity index (χ2v) is 12.7. The highest BCUT2D eigenvalue weighted by Gasteiger charge is 2.32. The highest BCUT2D eigenvalue weighted by atomic mass is 35.5. The molecular formula is C33H29ClF2N4O2S. The Balaban J connectivity index is 1.10. The summed E-state index contributed by atoms with van der Waals surface area (Å²) < 4.78 is 36.7. The van der Waals surface area contributed by atoms with Gasteiger partial charge < -0.3 is 4.74 Å². The molecule has 6 nitrogen and oxygen atoms in total. The Morgan fingerprint density at radius 2 is 1.79 bits per heavy atom. The van der Waals surface area contributed by atoms with Crippen LogP contribution in [-0.4, -0.2) is 32.1 Å². The molecule has 0 spiro atoms. The number of hydrogen-bond donors (Lipinski definition) is 0.